The lowest BCUT2D eigenvalue weighted by Gasteiger charge is -2.23. The van der Waals surface area contributed by atoms with Gasteiger partial charge in [-0.3, -0.25) is 19.7 Å². The first-order valence-corrected chi connectivity index (χ1v) is 9.98. The van der Waals surface area contributed by atoms with Crippen molar-refractivity contribution in [1.29, 1.82) is 0 Å². The molecule has 0 aromatic heterocycles. The Kier molecular flexibility index (Phi) is 5.65. The van der Waals surface area contributed by atoms with Crippen LogP contribution in [0.5, 0.6) is 5.75 Å². The summed E-state index contributed by atoms with van der Waals surface area (Å²) in [5.41, 5.74) is -1.45. The normalized spacial score (nSPS) is 17.1. The van der Waals surface area contributed by atoms with Crippen LogP contribution in [0.15, 0.2) is 66.7 Å². The number of nitrogens with zero attached hydrogens (tertiary/aromatic N) is 2. The smallest absolute Gasteiger partial charge is 0.311 e. The molecule has 33 heavy (non-hydrogen) atoms. The molecule has 1 N–H and O–H groups in total. The van der Waals surface area contributed by atoms with E-state index in [9.17, 15) is 29.2 Å². The molecule has 0 saturated carbocycles. The van der Waals surface area contributed by atoms with E-state index in [4.69, 9.17) is 4.74 Å². The summed E-state index contributed by atoms with van der Waals surface area (Å²) in [5, 5.41) is 22.7. The number of anilines is 1. The van der Waals surface area contributed by atoms with Gasteiger partial charge < -0.3 is 14.7 Å². The number of hydrogen-bond donors (Lipinski definition) is 1. The van der Waals surface area contributed by atoms with Crippen molar-refractivity contribution < 1.29 is 28.7 Å². The van der Waals surface area contributed by atoms with Crippen LogP contribution in [0.25, 0.3) is 0 Å². The van der Waals surface area contributed by atoms with Gasteiger partial charge in [-0.15, -0.1) is 0 Å². The molecular formula is C24H19FN2O6. The summed E-state index contributed by atoms with van der Waals surface area (Å²) in [5.74, 6) is -1.86. The van der Waals surface area contributed by atoms with Crippen molar-refractivity contribution in [3.63, 3.8) is 0 Å². The van der Waals surface area contributed by atoms with E-state index in [0.717, 1.165) is 6.07 Å². The predicted octanol–water partition coefficient (Wildman–Crippen LogP) is 3.75. The number of hydrogen-bond acceptors (Lipinski definition) is 6. The molecule has 1 amide bonds. The highest BCUT2D eigenvalue weighted by Gasteiger charge is 2.50. The average molecular weight is 450 g/mol. The maximum Gasteiger partial charge on any atom is 0.311 e. The van der Waals surface area contributed by atoms with Gasteiger partial charge in [-0.25, -0.2) is 4.39 Å². The van der Waals surface area contributed by atoms with Gasteiger partial charge in [-0.2, -0.15) is 0 Å². The molecule has 3 aromatic rings. The van der Waals surface area contributed by atoms with E-state index < -0.39 is 40.1 Å². The van der Waals surface area contributed by atoms with Crippen molar-refractivity contribution in [3.8, 4) is 5.75 Å². The Bertz CT molecular complexity index is 1280. The molecule has 1 aliphatic heterocycles. The van der Waals surface area contributed by atoms with Crippen molar-refractivity contribution in [2.45, 2.75) is 18.6 Å². The van der Waals surface area contributed by atoms with Gasteiger partial charge in [0.25, 0.3) is 5.91 Å². The zero-order valence-electron chi connectivity index (χ0n) is 17.5. The summed E-state index contributed by atoms with van der Waals surface area (Å²) in [7, 11) is 1.27. The van der Waals surface area contributed by atoms with E-state index in [1.165, 1.54) is 42.3 Å². The molecule has 0 spiro atoms. The number of benzene rings is 3. The number of nitro benzene ring substituents is 1. The van der Waals surface area contributed by atoms with Crippen molar-refractivity contribution in [2.75, 3.05) is 12.0 Å². The molecule has 1 atom stereocenters. The fraction of sp³-hybridized carbons (Fsp3) is 0.167. The summed E-state index contributed by atoms with van der Waals surface area (Å²) in [6.45, 7) is -0.00187. The molecule has 8 nitrogen and oxygen atoms in total. The minimum Gasteiger partial charge on any atom is -0.490 e. The largest absolute Gasteiger partial charge is 0.490 e. The Morgan fingerprint density at radius 2 is 1.91 bits per heavy atom. The molecule has 9 heteroatoms. The maximum atomic E-state index is 13.6. The SMILES string of the molecule is COc1ccc(C(=O)C[C@@]2(O)C(=O)N(Cc3cccc(F)c3)c3ccccc32)cc1[N+](=O)[O-]. The molecule has 0 saturated heterocycles. The van der Waals surface area contributed by atoms with Crippen LogP contribution in [0.2, 0.25) is 0 Å². The van der Waals surface area contributed by atoms with Crippen LogP contribution in [-0.4, -0.2) is 28.8 Å². The van der Waals surface area contributed by atoms with Crippen LogP contribution in [0.1, 0.15) is 27.9 Å². The number of halogens is 1. The summed E-state index contributed by atoms with van der Waals surface area (Å²) in [6.07, 6.45) is -0.619. The fourth-order valence-corrected chi connectivity index (χ4v) is 3.99. The second-order valence-corrected chi connectivity index (χ2v) is 7.64. The molecular weight excluding hydrogens is 431 g/mol. The van der Waals surface area contributed by atoms with Crippen LogP contribution in [0, 0.1) is 15.9 Å². The number of ether oxygens (including phenoxy) is 1. The average Bonchev–Trinajstić information content (AvgIpc) is 3.00. The first-order chi connectivity index (χ1) is 15.7. The second-order valence-electron chi connectivity index (χ2n) is 7.64. The first-order valence-electron chi connectivity index (χ1n) is 9.98. The van der Waals surface area contributed by atoms with Crippen LogP contribution < -0.4 is 9.64 Å². The number of methoxy groups -OCH3 is 1. The van der Waals surface area contributed by atoms with Gasteiger partial charge in [0.1, 0.15) is 5.82 Å². The van der Waals surface area contributed by atoms with Crippen molar-refractivity contribution in [2.24, 2.45) is 0 Å². The maximum absolute atomic E-state index is 13.6. The molecule has 1 aliphatic rings. The zero-order valence-corrected chi connectivity index (χ0v) is 17.5. The van der Waals surface area contributed by atoms with Crippen molar-refractivity contribution in [3.05, 3.63) is 99.4 Å². The number of carbonyl (C=O) groups excluding carboxylic acids is 2. The van der Waals surface area contributed by atoms with Gasteiger partial charge in [-0.05, 0) is 35.9 Å². The standard InChI is InChI=1S/C24H19FN2O6/c1-33-22-10-9-16(12-20(22)27(31)32)21(28)13-24(30)18-7-2-3-8-19(18)26(23(24)29)14-15-5-4-6-17(25)11-15/h2-12,30H,13-14H2,1H3/t24-/m0/s1. The molecule has 0 fully saturated rings. The second kappa shape index (κ2) is 8.44. The van der Waals surface area contributed by atoms with Gasteiger partial charge >= 0.3 is 5.69 Å². The molecule has 3 aromatic carbocycles. The Morgan fingerprint density at radius 1 is 1.15 bits per heavy atom. The highest BCUT2D eigenvalue weighted by atomic mass is 19.1. The van der Waals surface area contributed by atoms with Crippen LogP contribution >= 0.6 is 0 Å². The lowest BCUT2D eigenvalue weighted by molar-refractivity contribution is -0.385. The highest BCUT2D eigenvalue weighted by Crippen LogP contribution is 2.43. The lowest BCUT2D eigenvalue weighted by atomic mass is 9.88. The number of aliphatic hydroxyl groups is 1. The Labute approximate surface area is 188 Å². The summed E-state index contributed by atoms with van der Waals surface area (Å²) in [4.78, 5) is 38.2. The van der Waals surface area contributed by atoms with Crippen LogP contribution in [-0.2, 0) is 16.9 Å². The van der Waals surface area contributed by atoms with Gasteiger partial charge in [0.2, 0.25) is 0 Å². The third-order valence-corrected chi connectivity index (χ3v) is 5.58. The number of rotatable bonds is 7. The molecule has 0 aliphatic carbocycles. The van der Waals surface area contributed by atoms with Crippen LogP contribution in [0.4, 0.5) is 15.8 Å². The number of Topliss-reactive ketones (excluding diaryl/α,β-unsaturated/α-hetero) is 1. The molecule has 1 heterocycles. The summed E-state index contributed by atoms with van der Waals surface area (Å²) < 4.78 is 18.6. The number of carbonyl (C=O) groups is 2. The Balaban J connectivity index is 1.67. The first kappa shape index (κ1) is 22.1. The van der Waals surface area contributed by atoms with Crippen molar-refractivity contribution in [1.82, 2.24) is 0 Å². The topological polar surface area (TPSA) is 110 Å². The Morgan fingerprint density at radius 3 is 2.61 bits per heavy atom. The summed E-state index contributed by atoms with van der Waals surface area (Å²) >= 11 is 0. The minimum absolute atomic E-state index is 0.00187. The lowest BCUT2D eigenvalue weighted by Crippen LogP contribution is -2.41. The van der Waals surface area contributed by atoms with Gasteiger partial charge in [0.05, 0.1) is 30.7 Å². The quantitative estimate of drug-likeness (QED) is 0.334. The van der Waals surface area contributed by atoms with Gasteiger partial charge in [0, 0.05) is 17.2 Å². The van der Waals surface area contributed by atoms with E-state index in [1.54, 1.807) is 30.3 Å². The molecule has 4 rings (SSSR count). The van der Waals surface area contributed by atoms with Gasteiger partial charge in [0.15, 0.2) is 17.1 Å². The van der Waals surface area contributed by atoms with E-state index in [-0.39, 0.29) is 23.4 Å². The fourth-order valence-electron chi connectivity index (χ4n) is 3.99. The number of para-hydroxylation sites is 1. The Hall–Kier alpha value is -4.11. The number of ketones is 1. The molecule has 0 unspecified atom stereocenters. The molecule has 168 valence electrons. The van der Waals surface area contributed by atoms with E-state index in [1.807, 2.05) is 0 Å². The predicted molar refractivity (Wildman–Crippen MR) is 117 cm³/mol. The van der Waals surface area contributed by atoms with Gasteiger partial charge in [-0.1, -0.05) is 30.3 Å². The van der Waals surface area contributed by atoms with E-state index >= 15 is 0 Å². The number of nitro groups is 1. The number of fused-ring (bicyclic) bond motifs is 1. The number of amides is 1. The van der Waals surface area contributed by atoms with E-state index in [2.05, 4.69) is 0 Å². The minimum atomic E-state index is -2.17. The molecule has 0 radical (unpaired) electrons. The summed E-state index contributed by atoms with van der Waals surface area (Å²) in [6, 6.07) is 15.9. The third kappa shape index (κ3) is 3.94. The monoisotopic (exact) mass is 450 g/mol. The van der Waals surface area contributed by atoms with Crippen molar-refractivity contribution >= 4 is 23.1 Å². The third-order valence-electron chi connectivity index (χ3n) is 5.58. The molecule has 0 bridgehead atoms. The highest BCUT2D eigenvalue weighted by molar-refractivity contribution is 6.10. The zero-order chi connectivity index (χ0) is 23.8. The van der Waals surface area contributed by atoms with E-state index in [0.29, 0.717) is 11.3 Å². The van der Waals surface area contributed by atoms with Crippen LogP contribution in [0.3, 0.4) is 0 Å².